The van der Waals surface area contributed by atoms with Gasteiger partial charge in [-0.1, -0.05) is 44.0 Å². The Hall–Kier alpha value is -0.810. The van der Waals surface area contributed by atoms with Crippen molar-refractivity contribution in [2.45, 2.75) is 58.2 Å². The lowest BCUT2D eigenvalue weighted by atomic mass is 9.74. The molecule has 0 aromatic heterocycles. The summed E-state index contributed by atoms with van der Waals surface area (Å²) < 4.78 is 0. The molecule has 6 heteroatoms. The van der Waals surface area contributed by atoms with Gasteiger partial charge in [0.05, 0.1) is 5.92 Å². The number of halogens is 2. The Bertz CT molecular complexity index is 537. The number of nitrogens with zero attached hydrogens (tertiary/aromatic N) is 1. The van der Waals surface area contributed by atoms with E-state index in [-0.39, 0.29) is 42.2 Å². The first kappa shape index (κ1) is 24.2. The summed E-state index contributed by atoms with van der Waals surface area (Å²) in [4.78, 5) is 14.8. The Balaban J connectivity index is 0.00000288. The molecule has 1 aromatic carbocycles. The molecule has 3 N–H and O–H groups in total. The first-order chi connectivity index (χ1) is 10.9. The lowest BCUT2D eigenvalue weighted by Crippen LogP contribution is -2.52. The Morgan fingerprint density at radius 1 is 1.32 bits per heavy atom. The highest BCUT2D eigenvalue weighted by Crippen LogP contribution is 2.31. The molecule has 0 aliphatic heterocycles. The smallest absolute Gasteiger partial charge is 0.225 e. The second-order valence-electron chi connectivity index (χ2n) is 7.17. The summed E-state index contributed by atoms with van der Waals surface area (Å²) in [5.74, 6) is 0.0384. The summed E-state index contributed by atoms with van der Waals surface area (Å²) in [6.45, 7) is 6.70. The Morgan fingerprint density at radius 2 is 2.00 bits per heavy atom. The van der Waals surface area contributed by atoms with Crippen LogP contribution in [0.2, 0.25) is 0 Å². The third kappa shape index (κ3) is 7.14. The molecule has 0 heterocycles. The van der Waals surface area contributed by atoms with E-state index < -0.39 is 0 Å². The molecular formula is C19H33Cl2N3O. The lowest BCUT2D eigenvalue weighted by molar-refractivity contribution is -0.128. The van der Waals surface area contributed by atoms with Crippen molar-refractivity contribution in [3.63, 3.8) is 0 Å². The summed E-state index contributed by atoms with van der Waals surface area (Å²) >= 11 is 0. The second kappa shape index (κ2) is 11.0. The standard InChI is InChI=1S/C19H31N3O.2ClH/c1-4-22(3)14-16-9-7-8-15(12-16)13-21-18(23)17-10-5-6-11-19(17,2)20;;/h7-9,12,17H,4-6,10-11,13-14,20H2,1-3H3,(H,21,23);2*1H. The topological polar surface area (TPSA) is 58.4 Å². The predicted molar refractivity (Wildman–Crippen MR) is 109 cm³/mol. The molecule has 25 heavy (non-hydrogen) atoms. The van der Waals surface area contributed by atoms with Crippen LogP contribution < -0.4 is 11.1 Å². The highest BCUT2D eigenvalue weighted by atomic mass is 35.5. The molecule has 1 saturated carbocycles. The van der Waals surface area contributed by atoms with E-state index in [2.05, 4.69) is 48.5 Å². The molecule has 1 aliphatic rings. The molecule has 1 aromatic rings. The first-order valence-corrected chi connectivity index (χ1v) is 8.75. The molecule has 2 rings (SSSR count). The van der Waals surface area contributed by atoms with Gasteiger partial charge in [-0.3, -0.25) is 4.79 Å². The van der Waals surface area contributed by atoms with Crippen molar-refractivity contribution in [2.75, 3.05) is 13.6 Å². The molecule has 0 spiro atoms. The third-order valence-corrected chi connectivity index (χ3v) is 5.02. The van der Waals surface area contributed by atoms with Gasteiger partial charge in [-0.15, -0.1) is 24.8 Å². The zero-order valence-corrected chi connectivity index (χ0v) is 17.2. The van der Waals surface area contributed by atoms with Gasteiger partial charge in [-0.05, 0) is 44.5 Å². The normalized spacial score (nSPS) is 22.7. The minimum atomic E-state index is -0.367. The van der Waals surface area contributed by atoms with Gasteiger partial charge in [0.2, 0.25) is 5.91 Å². The molecule has 144 valence electrons. The number of carbonyl (C=O) groups excluding carboxylic acids is 1. The van der Waals surface area contributed by atoms with Crippen LogP contribution in [0.15, 0.2) is 24.3 Å². The average Bonchev–Trinajstić information content (AvgIpc) is 2.52. The van der Waals surface area contributed by atoms with Crippen LogP contribution in [0.3, 0.4) is 0 Å². The van der Waals surface area contributed by atoms with Gasteiger partial charge in [0, 0.05) is 18.6 Å². The quantitative estimate of drug-likeness (QED) is 0.782. The van der Waals surface area contributed by atoms with Crippen molar-refractivity contribution in [1.82, 2.24) is 10.2 Å². The second-order valence-corrected chi connectivity index (χ2v) is 7.17. The van der Waals surface area contributed by atoms with Crippen LogP contribution in [-0.4, -0.2) is 29.9 Å². The maximum absolute atomic E-state index is 12.5. The predicted octanol–water partition coefficient (Wildman–Crippen LogP) is 3.51. The molecule has 0 bridgehead atoms. The number of carbonyl (C=O) groups is 1. The number of hydrogen-bond donors (Lipinski definition) is 2. The number of benzene rings is 1. The lowest BCUT2D eigenvalue weighted by Gasteiger charge is -2.37. The van der Waals surface area contributed by atoms with Crippen LogP contribution in [0, 0.1) is 5.92 Å². The number of rotatable bonds is 6. The number of nitrogens with one attached hydrogen (secondary N) is 1. The van der Waals surface area contributed by atoms with Gasteiger partial charge in [-0.25, -0.2) is 0 Å². The first-order valence-electron chi connectivity index (χ1n) is 8.75. The highest BCUT2D eigenvalue weighted by Gasteiger charge is 2.37. The van der Waals surface area contributed by atoms with Crippen LogP contribution in [0.1, 0.15) is 50.7 Å². The van der Waals surface area contributed by atoms with Crippen LogP contribution in [0.4, 0.5) is 0 Å². The van der Waals surface area contributed by atoms with E-state index in [9.17, 15) is 4.79 Å². The molecule has 1 amide bonds. The zero-order valence-electron chi connectivity index (χ0n) is 15.6. The van der Waals surface area contributed by atoms with Crippen LogP contribution >= 0.6 is 24.8 Å². The number of hydrogen-bond acceptors (Lipinski definition) is 3. The van der Waals surface area contributed by atoms with Crippen molar-refractivity contribution >= 4 is 30.7 Å². The van der Waals surface area contributed by atoms with E-state index in [1.54, 1.807) is 0 Å². The minimum Gasteiger partial charge on any atom is -0.352 e. The van der Waals surface area contributed by atoms with Gasteiger partial charge in [0.15, 0.2) is 0 Å². The van der Waals surface area contributed by atoms with Crippen molar-refractivity contribution in [1.29, 1.82) is 0 Å². The van der Waals surface area contributed by atoms with E-state index >= 15 is 0 Å². The van der Waals surface area contributed by atoms with E-state index in [0.717, 1.165) is 44.3 Å². The molecule has 2 unspecified atom stereocenters. The fraction of sp³-hybridized carbons (Fsp3) is 0.632. The van der Waals surface area contributed by atoms with Crippen LogP contribution in [-0.2, 0) is 17.9 Å². The summed E-state index contributed by atoms with van der Waals surface area (Å²) in [5.41, 5.74) is 8.38. The maximum Gasteiger partial charge on any atom is 0.225 e. The van der Waals surface area contributed by atoms with Crippen molar-refractivity contribution in [2.24, 2.45) is 11.7 Å². The minimum absolute atomic E-state index is 0. The van der Waals surface area contributed by atoms with Crippen molar-refractivity contribution < 1.29 is 4.79 Å². The largest absolute Gasteiger partial charge is 0.352 e. The summed E-state index contributed by atoms with van der Waals surface area (Å²) in [7, 11) is 2.11. The fourth-order valence-corrected chi connectivity index (χ4v) is 3.36. The summed E-state index contributed by atoms with van der Waals surface area (Å²) in [5, 5.41) is 3.09. The number of nitrogens with two attached hydrogens (primary N) is 1. The SMILES string of the molecule is CCN(C)Cc1cccc(CNC(=O)C2CCCCC2(C)N)c1.Cl.Cl. The fourth-order valence-electron chi connectivity index (χ4n) is 3.36. The number of amides is 1. The van der Waals surface area contributed by atoms with E-state index in [4.69, 9.17) is 5.73 Å². The van der Waals surface area contributed by atoms with Gasteiger partial charge in [0.25, 0.3) is 0 Å². The van der Waals surface area contributed by atoms with Gasteiger partial charge < -0.3 is 16.0 Å². The average molecular weight is 390 g/mol. The molecule has 1 aliphatic carbocycles. The Kier molecular flexibility index (Phi) is 10.7. The maximum atomic E-state index is 12.5. The Labute approximate surface area is 164 Å². The molecular weight excluding hydrogens is 357 g/mol. The van der Waals surface area contributed by atoms with Crippen molar-refractivity contribution in [3.8, 4) is 0 Å². The zero-order chi connectivity index (χ0) is 16.9. The molecule has 0 saturated heterocycles. The summed E-state index contributed by atoms with van der Waals surface area (Å²) in [6, 6.07) is 8.44. The van der Waals surface area contributed by atoms with E-state index in [0.29, 0.717) is 6.54 Å². The van der Waals surface area contributed by atoms with E-state index in [1.165, 1.54) is 5.56 Å². The van der Waals surface area contributed by atoms with Gasteiger partial charge >= 0.3 is 0 Å². The van der Waals surface area contributed by atoms with Gasteiger partial charge in [0.1, 0.15) is 0 Å². The Morgan fingerprint density at radius 3 is 2.64 bits per heavy atom. The molecule has 4 nitrogen and oxygen atoms in total. The summed E-state index contributed by atoms with van der Waals surface area (Å²) in [6.07, 6.45) is 4.07. The highest BCUT2D eigenvalue weighted by molar-refractivity contribution is 5.85. The van der Waals surface area contributed by atoms with Crippen LogP contribution in [0.25, 0.3) is 0 Å². The molecule has 0 radical (unpaired) electrons. The third-order valence-electron chi connectivity index (χ3n) is 5.02. The molecule has 2 atom stereocenters. The monoisotopic (exact) mass is 389 g/mol. The van der Waals surface area contributed by atoms with E-state index in [1.807, 2.05) is 6.92 Å². The van der Waals surface area contributed by atoms with Crippen molar-refractivity contribution in [3.05, 3.63) is 35.4 Å². The van der Waals surface area contributed by atoms with Gasteiger partial charge in [-0.2, -0.15) is 0 Å². The molecule has 1 fully saturated rings. The van der Waals surface area contributed by atoms with Crippen LogP contribution in [0.5, 0.6) is 0 Å².